The zero-order valence-corrected chi connectivity index (χ0v) is 14.4. The molecule has 5 nitrogen and oxygen atoms in total. The third-order valence-corrected chi connectivity index (χ3v) is 5.24. The summed E-state index contributed by atoms with van der Waals surface area (Å²) in [6, 6.07) is 2.28. The van der Waals surface area contributed by atoms with Gasteiger partial charge in [0.15, 0.2) is 5.13 Å². The largest absolute Gasteiger partial charge is 0.347 e. The van der Waals surface area contributed by atoms with E-state index in [1.54, 1.807) is 6.92 Å². The third kappa shape index (κ3) is 3.38. The van der Waals surface area contributed by atoms with Crippen LogP contribution in [-0.2, 0) is 0 Å². The number of rotatable bonds is 4. The van der Waals surface area contributed by atoms with E-state index < -0.39 is 11.9 Å². The van der Waals surface area contributed by atoms with Crippen molar-refractivity contribution >= 4 is 28.1 Å². The predicted molar refractivity (Wildman–Crippen MR) is 88.6 cm³/mol. The maximum atomic E-state index is 13.1. The van der Waals surface area contributed by atoms with E-state index in [2.05, 4.69) is 34.4 Å². The molecule has 128 valence electrons. The van der Waals surface area contributed by atoms with Crippen LogP contribution in [0.3, 0.4) is 0 Å². The number of hydrogen-bond acceptors (Lipinski definition) is 5. The van der Waals surface area contributed by atoms with Crippen molar-refractivity contribution in [1.29, 1.82) is 0 Å². The van der Waals surface area contributed by atoms with E-state index in [0.717, 1.165) is 29.9 Å². The van der Waals surface area contributed by atoms with Gasteiger partial charge in [0.1, 0.15) is 5.69 Å². The first-order valence-corrected chi connectivity index (χ1v) is 8.45. The predicted octanol–water partition coefficient (Wildman–Crippen LogP) is 3.79. The normalized spacial score (nSPS) is 18.8. The van der Waals surface area contributed by atoms with E-state index in [0.29, 0.717) is 10.8 Å². The Hall–Kier alpha value is -2.09. The molecule has 1 atom stereocenters. The molecule has 2 aromatic heterocycles. The molecule has 1 aliphatic rings. The SMILES string of the molecule is Cc1sc(Nc2cc(F)nc(F)c2)nc1C(=O)N[C@H]1CCC1(C)C. The van der Waals surface area contributed by atoms with Crippen LogP contribution in [0.15, 0.2) is 12.1 Å². The highest BCUT2D eigenvalue weighted by atomic mass is 32.1. The van der Waals surface area contributed by atoms with Crippen molar-refractivity contribution in [3.63, 3.8) is 0 Å². The molecule has 0 aliphatic heterocycles. The zero-order chi connectivity index (χ0) is 17.5. The zero-order valence-electron chi connectivity index (χ0n) is 13.6. The van der Waals surface area contributed by atoms with Crippen molar-refractivity contribution in [1.82, 2.24) is 15.3 Å². The van der Waals surface area contributed by atoms with Crippen molar-refractivity contribution in [3.05, 3.63) is 34.6 Å². The van der Waals surface area contributed by atoms with Crippen LogP contribution < -0.4 is 10.6 Å². The van der Waals surface area contributed by atoms with Gasteiger partial charge in [0.2, 0.25) is 11.9 Å². The maximum absolute atomic E-state index is 13.1. The van der Waals surface area contributed by atoms with Gasteiger partial charge in [-0.2, -0.15) is 13.8 Å². The first-order chi connectivity index (χ1) is 11.2. The Kier molecular flexibility index (Phi) is 4.25. The molecule has 0 saturated heterocycles. The molecule has 0 bridgehead atoms. The number of amides is 1. The summed E-state index contributed by atoms with van der Waals surface area (Å²) in [6.07, 6.45) is 2.04. The second-order valence-corrected chi connectivity index (χ2v) is 7.81. The van der Waals surface area contributed by atoms with Gasteiger partial charge in [-0.05, 0) is 25.2 Å². The molecule has 1 aliphatic carbocycles. The van der Waals surface area contributed by atoms with Gasteiger partial charge in [-0.3, -0.25) is 4.79 Å². The summed E-state index contributed by atoms with van der Waals surface area (Å²) in [6.45, 7) is 6.03. The van der Waals surface area contributed by atoms with Crippen molar-refractivity contribution in [2.24, 2.45) is 5.41 Å². The fourth-order valence-electron chi connectivity index (χ4n) is 2.68. The number of thiazole rings is 1. The van der Waals surface area contributed by atoms with Crippen LogP contribution in [0.2, 0.25) is 0 Å². The molecule has 0 radical (unpaired) electrons. The van der Waals surface area contributed by atoms with Gasteiger partial charge < -0.3 is 10.6 Å². The van der Waals surface area contributed by atoms with Gasteiger partial charge in [0.05, 0.1) is 0 Å². The number of carbonyl (C=O) groups excluding carboxylic acids is 1. The minimum Gasteiger partial charge on any atom is -0.347 e. The van der Waals surface area contributed by atoms with Gasteiger partial charge in [0, 0.05) is 28.7 Å². The number of hydrogen-bond donors (Lipinski definition) is 2. The molecule has 0 unspecified atom stereocenters. The molecule has 24 heavy (non-hydrogen) atoms. The second-order valence-electron chi connectivity index (χ2n) is 6.60. The average molecular weight is 352 g/mol. The second kappa shape index (κ2) is 6.08. The van der Waals surface area contributed by atoms with Crippen molar-refractivity contribution in [2.75, 3.05) is 5.32 Å². The summed E-state index contributed by atoms with van der Waals surface area (Å²) >= 11 is 1.25. The lowest BCUT2D eigenvalue weighted by Gasteiger charge is -2.44. The summed E-state index contributed by atoms with van der Waals surface area (Å²) in [5, 5.41) is 6.21. The van der Waals surface area contributed by atoms with Gasteiger partial charge in [-0.25, -0.2) is 4.98 Å². The molecule has 1 fully saturated rings. The molecule has 8 heteroatoms. The van der Waals surface area contributed by atoms with Crippen LogP contribution in [0.5, 0.6) is 0 Å². The van der Waals surface area contributed by atoms with E-state index >= 15 is 0 Å². The molecule has 2 heterocycles. The van der Waals surface area contributed by atoms with Gasteiger partial charge in [-0.15, -0.1) is 11.3 Å². The summed E-state index contributed by atoms with van der Waals surface area (Å²) in [5.41, 5.74) is 0.633. The summed E-state index contributed by atoms with van der Waals surface area (Å²) in [7, 11) is 0. The first kappa shape index (κ1) is 16.8. The van der Waals surface area contributed by atoms with Crippen LogP contribution in [-0.4, -0.2) is 21.9 Å². The number of carbonyl (C=O) groups is 1. The summed E-state index contributed by atoms with van der Waals surface area (Å²) in [5.74, 6) is -2.06. The van der Waals surface area contributed by atoms with Crippen LogP contribution in [0.25, 0.3) is 0 Å². The quantitative estimate of drug-likeness (QED) is 0.822. The minimum absolute atomic E-state index is 0.104. The van der Waals surface area contributed by atoms with Gasteiger partial charge >= 0.3 is 0 Å². The van der Waals surface area contributed by atoms with Crippen molar-refractivity contribution < 1.29 is 13.6 Å². The molecular formula is C16H18F2N4OS. The first-order valence-electron chi connectivity index (χ1n) is 7.63. The summed E-state index contributed by atoms with van der Waals surface area (Å²) in [4.78, 5) is 20.4. The summed E-state index contributed by atoms with van der Waals surface area (Å²) < 4.78 is 26.3. The number of aryl methyl sites for hydroxylation is 1. The van der Waals surface area contributed by atoms with Crippen LogP contribution in [0, 0.1) is 24.2 Å². The average Bonchev–Trinajstić information content (AvgIpc) is 2.83. The number of nitrogens with zero attached hydrogens (tertiary/aromatic N) is 2. The Labute approximate surface area is 142 Å². The van der Waals surface area contributed by atoms with E-state index in [1.165, 1.54) is 11.3 Å². The number of anilines is 2. The van der Waals surface area contributed by atoms with Crippen LogP contribution >= 0.6 is 11.3 Å². The lowest BCUT2D eigenvalue weighted by molar-refractivity contribution is 0.0728. The number of halogens is 2. The monoisotopic (exact) mass is 352 g/mol. The Morgan fingerprint density at radius 3 is 2.50 bits per heavy atom. The number of nitrogens with one attached hydrogen (secondary N) is 2. The highest BCUT2D eigenvalue weighted by Gasteiger charge is 2.39. The fraction of sp³-hybridized carbons (Fsp3) is 0.438. The number of pyridine rings is 1. The van der Waals surface area contributed by atoms with Gasteiger partial charge in [-0.1, -0.05) is 13.8 Å². The van der Waals surface area contributed by atoms with E-state index in [9.17, 15) is 13.6 Å². The lowest BCUT2D eigenvalue weighted by atomic mass is 9.67. The smallest absolute Gasteiger partial charge is 0.271 e. The molecule has 2 aromatic rings. The highest BCUT2D eigenvalue weighted by Crippen LogP contribution is 2.40. The highest BCUT2D eigenvalue weighted by molar-refractivity contribution is 7.15. The van der Waals surface area contributed by atoms with Gasteiger partial charge in [0.25, 0.3) is 5.91 Å². The van der Waals surface area contributed by atoms with Crippen molar-refractivity contribution in [2.45, 2.75) is 39.7 Å². The Bertz CT molecular complexity index is 770. The fourth-order valence-corrected chi connectivity index (χ4v) is 3.51. The third-order valence-electron chi connectivity index (χ3n) is 4.35. The Morgan fingerprint density at radius 2 is 1.96 bits per heavy atom. The standard InChI is InChI=1S/C16H18F2N4OS/c1-8-13(14(23)20-10-4-5-16(10,2)3)22-15(24-8)19-9-6-11(17)21-12(18)7-9/h6-7,10H,4-5H2,1-3H3,(H,20,23)(H,19,21,22)/t10-/m0/s1. The van der Waals surface area contributed by atoms with E-state index in [1.807, 2.05) is 0 Å². The van der Waals surface area contributed by atoms with Crippen LogP contribution in [0.4, 0.5) is 19.6 Å². The molecule has 0 aromatic carbocycles. The topological polar surface area (TPSA) is 66.9 Å². The molecule has 1 saturated carbocycles. The van der Waals surface area contributed by atoms with Crippen molar-refractivity contribution in [3.8, 4) is 0 Å². The van der Waals surface area contributed by atoms with Crippen LogP contribution in [0.1, 0.15) is 42.1 Å². The minimum atomic E-state index is -0.920. The molecular weight excluding hydrogens is 334 g/mol. The Morgan fingerprint density at radius 1 is 1.29 bits per heavy atom. The lowest BCUT2D eigenvalue weighted by Crippen LogP contribution is -2.52. The number of aromatic nitrogens is 2. The van der Waals surface area contributed by atoms with E-state index in [-0.39, 0.29) is 23.1 Å². The molecule has 3 rings (SSSR count). The molecule has 1 amide bonds. The maximum Gasteiger partial charge on any atom is 0.271 e. The Balaban J connectivity index is 1.74. The molecule has 0 spiro atoms. The van der Waals surface area contributed by atoms with E-state index in [4.69, 9.17) is 0 Å². The molecule has 2 N–H and O–H groups in total.